The largest absolute Gasteiger partial charge is 0.229 e. The van der Waals surface area contributed by atoms with Crippen LogP contribution in [0.25, 0.3) is 0 Å². The van der Waals surface area contributed by atoms with Crippen LogP contribution in [0.1, 0.15) is 13.8 Å². The second-order valence-electron chi connectivity index (χ2n) is 2.51. The quantitative estimate of drug-likeness (QED) is 0.597. The predicted molar refractivity (Wildman–Crippen MR) is 38.8 cm³/mol. The van der Waals surface area contributed by atoms with Crippen LogP contribution in [0.15, 0.2) is 0 Å². The molecule has 0 rings (SSSR count). The van der Waals surface area contributed by atoms with Crippen LogP contribution < -0.4 is 0 Å². The van der Waals surface area contributed by atoms with Crippen molar-refractivity contribution >= 4 is 9.84 Å². The van der Waals surface area contributed by atoms with Gasteiger partial charge in [-0.15, -0.1) is 0 Å². The van der Waals surface area contributed by atoms with Crippen molar-refractivity contribution in [2.75, 3.05) is 11.5 Å². The molecular weight excluding hydrogens is 136 g/mol. The predicted octanol–water partition coefficient (Wildman–Crippen LogP) is 0.891. The van der Waals surface area contributed by atoms with Gasteiger partial charge >= 0.3 is 0 Å². The van der Waals surface area contributed by atoms with Crippen molar-refractivity contribution in [3.05, 3.63) is 6.92 Å². The fourth-order valence-corrected chi connectivity index (χ4v) is 1.77. The van der Waals surface area contributed by atoms with Gasteiger partial charge in [-0.25, -0.2) is 8.42 Å². The lowest BCUT2D eigenvalue weighted by molar-refractivity contribution is 0.585. The van der Waals surface area contributed by atoms with Crippen molar-refractivity contribution in [3.63, 3.8) is 0 Å². The van der Waals surface area contributed by atoms with E-state index < -0.39 is 9.84 Å². The lowest BCUT2D eigenvalue weighted by Gasteiger charge is -2.02. The van der Waals surface area contributed by atoms with Gasteiger partial charge in [-0.3, -0.25) is 0 Å². The van der Waals surface area contributed by atoms with Crippen LogP contribution in [0.3, 0.4) is 0 Å². The summed E-state index contributed by atoms with van der Waals surface area (Å²) in [6, 6.07) is 0. The number of rotatable bonds is 3. The van der Waals surface area contributed by atoms with Gasteiger partial charge in [-0.1, -0.05) is 13.8 Å². The van der Waals surface area contributed by atoms with E-state index in [1.54, 1.807) is 0 Å². The molecule has 3 heteroatoms. The molecule has 0 spiro atoms. The third-order valence-electron chi connectivity index (χ3n) is 0.898. The summed E-state index contributed by atoms with van der Waals surface area (Å²) in [4.78, 5) is 0. The van der Waals surface area contributed by atoms with E-state index in [4.69, 9.17) is 0 Å². The molecule has 0 fully saturated rings. The zero-order chi connectivity index (χ0) is 7.49. The number of hydrogen-bond acceptors (Lipinski definition) is 2. The van der Waals surface area contributed by atoms with E-state index in [-0.39, 0.29) is 17.4 Å². The van der Waals surface area contributed by atoms with Gasteiger partial charge in [0.05, 0.1) is 11.5 Å². The Morgan fingerprint density at radius 2 is 1.89 bits per heavy atom. The molecule has 9 heavy (non-hydrogen) atoms. The summed E-state index contributed by atoms with van der Waals surface area (Å²) in [6.07, 6.45) is 0. The Hall–Kier alpha value is -0.0500. The van der Waals surface area contributed by atoms with Crippen LogP contribution in [0.2, 0.25) is 0 Å². The molecule has 0 saturated carbocycles. The molecule has 0 N–H and O–H groups in total. The average Bonchev–Trinajstić information content (AvgIpc) is 1.63. The molecule has 0 aromatic heterocycles. The maximum atomic E-state index is 10.7. The Kier molecular flexibility index (Phi) is 3.18. The highest BCUT2D eigenvalue weighted by Gasteiger charge is 2.08. The van der Waals surface area contributed by atoms with Crippen LogP contribution in [-0.4, -0.2) is 19.9 Å². The van der Waals surface area contributed by atoms with Gasteiger partial charge in [-0.2, -0.15) is 0 Å². The fraction of sp³-hybridized carbons (Fsp3) is 0.833. The highest BCUT2D eigenvalue weighted by Crippen LogP contribution is 1.98. The Morgan fingerprint density at radius 1 is 1.44 bits per heavy atom. The molecule has 0 amide bonds. The van der Waals surface area contributed by atoms with Crippen molar-refractivity contribution < 1.29 is 8.42 Å². The minimum atomic E-state index is -2.83. The van der Waals surface area contributed by atoms with Gasteiger partial charge in [0, 0.05) is 0 Å². The molecule has 2 nitrogen and oxygen atoms in total. The smallest absolute Gasteiger partial charge is 0.150 e. The second-order valence-corrected chi connectivity index (χ2v) is 4.74. The molecular formula is C6H13O2S. The standard InChI is InChI=1S/C6H13O2S/c1-4-9(7,8)5-6(2)3/h6H,1,4-5H2,2-3H3. The molecule has 0 aromatic rings. The molecule has 0 bridgehead atoms. The first kappa shape index (κ1) is 8.95. The number of hydrogen-bond donors (Lipinski definition) is 0. The molecule has 0 unspecified atom stereocenters. The SMILES string of the molecule is [CH2]CS(=O)(=O)CC(C)C. The molecule has 0 heterocycles. The minimum Gasteiger partial charge on any atom is -0.229 e. The minimum absolute atomic E-state index is 0.0190. The molecule has 0 aliphatic heterocycles. The monoisotopic (exact) mass is 149 g/mol. The van der Waals surface area contributed by atoms with Crippen molar-refractivity contribution in [1.29, 1.82) is 0 Å². The van der Waals surface area contributed by atoms with Crippen molar-refractivity contribution in [3.8, 4) is 0 Å². The van der Waals surface area contributed by atoms with E-state index in [2.05, 4.69) is 6.92 Å². The first-order valence-electron chi connectivity index (χ1n) is 2.97. The van der Waals surface area contributed by atoms with E-state index in [1.807, 2.05) is 13.8 Å². The normalized spacial score (nSPS) is 12.4. The summed E-state index contributed by atoms with van der Waals surface area (Å²) in [6.45, 7) is 7.09. The van der Waals surface area contributed by atoms with E-state index in [9.17, 15) is 8.42 Å². The molecule has 55 valence electrons. The van der Waals surface area contributed by atoms with Crippen LogP contribution in [0, 0.1) is 12.8 Å². The summed E-state index contributed by atoms with van der Waals surface area (Å²) in [5.41, 5.74) is 0. The third kappa shape index (κ3) is 4.45. The lowest BCUT2D eigenvalue weighted by Crippen LogP contribution is -2.13. The summed E-state index contributed by atoms with van der Waals surface area (Å²) in [5, 5.41) is 0. The summed E-state index contributed by atoms with van der Waals surface area (Å²) in [7, 11) is -2.83. The molecule has 0 aliphatic carbocycles. The van der Waals surface area contributed by atoms with E-state index >= 15 is 0 Å². The van der Waals surface area contributed by atoms with Gasteiger partial charge in [0.15, 0.2) is 9.84 Å². The molecule has 1 radical (unpaired) electrons. The van der Waals surface area contributed by atoms with E-state index in [0.717, 1.165) is 0 Å². The average molecular weight is 149 g/mol. The molecule has 0 saturated heterocycles. The van der Waals surface area contributed by atoms with Crippen LogP contribution in [-0.2, 0) is 9.84 Å². The van der Waals surface area contributed by atoms with E-state index in [1.165, 1.54) is 0 Å². The van der Waals surface area contributed by atoms with Crippen LogP contribution in [0.4, 0.5) is 0 Å². The molecule has 0 aliphatic rings. The highest BCUT2D eigenvalue weighted by molar-refractivity contribution is 7.91. The van der Waals surface area contributed by atoms with Gasteiger partial charge in [0.1, 0.15) is 0 Å². The first-order chi connectivity index (χ1) is 3.98. The van der Waals surface area contributed by atoms with Crippen molar-refractivity contribution in [1.82, 2.24) is 0 Å². The second kappa shape index (κ2) is 3.20. The van der Waals surface area contributed by atoms with E-state index in [0.29, 0.717) is 0 Å². The fourth-order valence-electron chi connectivity index (χ4n) is 0.591. The highest BCUT2D eigenvalue weighted by atomic mass is 32.2. The Balaban J connectivity index is 3.90. The van der Waals surface area contributed by atoms with Gasteiger partial charge in [0.25, 0.3) is 0 Å². The summed E-state index contributed by atoms with van der Waals surface area (Å²) < 4.78 is 21.5. The van der Waals surface area contributed by atoms with Gasteiger partial charge < -0.3 is 0 Å². The molecule has 0 aromatic carbocycles. The topological polar surface area (TPSA) is 34.1 Å². The number of sulfone groups is 1. The zero-order valence-electron chi connectivity index (χ0n) is 5.92. The third-order valence-corrected chi connectivity index (χ3v) is 2.69. The van der Waals surface area contributed by atoms with Gasteiger partial charge in [-0.05, 0) is 12.8 Å². The lowest BCUT2D eigenvalue weighted by atomic mass is 10.3. The molecule has 0 atom stereocenters. The van der Waals surface area contributed by atoms with Crippen molar-refractivity contribution in [2.45, 2.75) is 13.8 Å². The van der Waals surface area contributed by atoms with Gasteiger partial charge in [0.2, 0.25) is 0 Å². The summed E-state index contributed by atoms with van der Waals surface area (Å²) in [5.74, 6) is 0.499. The first-order valence-corrected chi connectivity index (χ1v) is 4.79. The maximum absolute atomic E-state index is 10.7. The summed E-state index contributed by atoms with van der Waals surface area (Å²) >= 11 is 0. The van der Waals surface area contributed by atoms with Crippen LogP contribution in [0.5, 0.6) is 0 Å². The Bertz CT molecular complexity index is 156. The zero-order valence-corrected chi connectivity index (χ0v) is 6.74. The maximum Gasteiger partial charge on any atom is 0.150 e. The van der Waals surface area contributed by atoms with Crippen LogP contribution >= 0.6 is 0 Å². The Labute approximate surface area is 57.2 Å². The Morgan fingerprint density at radius 3 is 2.00 bits per heavy atom. The van der Waals surface area contributed by atoms with Crippen molar-refractivity contribution in [2.24, 2.45) is 5.92 Å².